The van der Waals surface area contributed by atoms with Crippen molar-refractivity contribution in [2.45, 2.75) is 95.6 Å². The van der Waals surface area contributed by atoms with E-state index < -0.39 is 5.72 Å². The smallest absolute Gasteiger partial charge is 0.274 e. The number of hydrogen-bond donors (Lipinski definition) is 3. The number of nitrogens with zero attached hydrogens (tertiary/aromatic N) is 3. The minimum atomic E-state index is -0.786. The summed E-state index contributed by atoms with van der Waals surface area (Å²) in [6.45, 7) is 7.54. The number of allylic oxidation sites excluding steroid dienone is 1. The molecule has 0 fully saturated rings. The number of rotatable bonds is 17. The molecule has 2 rings (SSSR count). The number of amidine groups is 1. The van der Waals surface area contributed by atoms with Gasteiger partial charge in [-0.05, 0) is 44.6 Å². The van der Waals surface area contributed by atoms with Crippen LogP contribution in [0.2, 0.25) is 0 Å². The summed E-state index contributed by atoms with van der Waals surface area (Å²) in [7, 11) is 0. The van der Waals surface area contributed by atoms with Crippen molar-refractivity contribution < 1.29 is 9.68 Å². The van der Waals surface area contributed by atoms with Crippen LogP contribution in [-0.2, 0) is 0 Å². The molecule has 0 unspecified atom stereocenters. The van der Waals surface area contributed by atoms with Gasteiger partial charge in [-0.25, -0.2) is 4.90 Å². The van der Waals surface area contributed by atoms with Crippen molar-refractivity contribution in [1.29, 1.82) is 0 Å². The molecule has 176 valence electrons. The van der Waals surface area contributed by atoms with E-state index in [1.54, 1.807) is 0 Å². The van der Waals surface area contributed by atoms with Gasteiger partial charge in [0.1, 0.15) is 0 Å². The quantitative estimate of drug-likeness (QED) is 0.107. The van der Waals surface area contributed by atoms with Gasteiger partial charge in [0.15, 0.2) is 5.96 Å². The Morgan fingerprint density at radius 3 is 2.45 bits per heavy atom. The first kappa shape index (κ1) is 25.4. The largest absolute Gasteiger partial charge is 0.370 e. The average Bonchev–Trinajstić information content (AvgIpc) is 3.09. The van der Waals surface area contributed by atoms with Crippen molar-refractivity contribution in [1.82, 2.24) is 4.90 Å². The van der Waals surface area contributed by atoms with Gasteiger partial charge in [-0.2, -0.15) is 0 Å². The number of guanidine groups is 1. The maximum Gasteiger partial charge on any atom is 0.274 e. The number of hydrogen-bond acceptors (Lipinski definition) is 3. The van der Waals surface area contributed by atoms with E-state index in [0.717, 1.165) is 64.6 Å². The summed E-state index contributed by atoms with van der Waals surface area (Å²) in [5.74, 6) is 1.38. The van der Waals surface area contributed by atoms with E-state index in [9.17, 15) is 5.11 Å². The summed E-state index contributed by atoms with van der Waals surface area (Å²) >= 11 is 0. The fourth-order valence-electron chi connectivity index (χ4n) is 4.68. The SMILES string of the molecule is C=CCCCCCCCCCC[C@]1(O)C=CC2=[N+](CCCCCN=C(N)N)CCCN21. The second-order valence-corrected chi connectivity index (χ2v) is 9.09. The molecule has 0 aromatic rings. The molecule has 0 saturated carbocycles. The Morgan fingerprint density at radius 2 is 1.74 bits per heavy atom. The van der Waals surface area contributed by atoms with Gasteiger partial charge in [0.25, 0.3) is 5.84 Å². The number of unbranched alkanes of at least 4 members (excludes halogenated alkanes) is 10. The predicted octanol–water partition coefficient (Wildman–Crippen LogP) is 3.89. The van der Waals surface area contributed by atoms with Gasteiger partial charge in [-0.15, -0.1) is 6.58 Å². The minimum absolute atomic E-state index is 0.178. The van der Waals surface area contributed by atoms with Crippen molar-refractivity contribution in [2.75, 3.05) is 26.2 Å². The van der Waals surface area contributed by atoms with Gasteiger partial charge in [0.2, 0.25) is 5.72 Å². The lowest BCUT2D eigenvalue weighted by Gasteiger charge is -2.32. The summed E-state index contributed by atoms with van der Waals surface area (Å²) in [5.41, 5.74) is 9.95. The fourth-order valence-corrected chi connectivity index (χ4v) is 4.68. The minimum Gasteiger partial charge on any atom is -0.370 e. The van der Waals surface area contributed by atoms with Crippen molar-refractivity contribution >= 4 is 11.8 Å². The third kappa shape index (κ3) is 9.06. The molecule has 0 radical (unpaired) electrons. The van der Waals surface area contributed by atoms with Crippen LogP contribution in [0.15, 0.2) is 29.8 Å². The highest BCUT2D eigenvalue weighted by atomic mass is 16.3. The van der Waals surface area contributed by atoms with E-state index in [4.69, 9.17) is 11.5 Å². The van der Waals surface area contributed by atoms with Gasteiger partial charge in [0, 0.05) is 25.5 Å². The lowest BCUT2D eigenvalue weighted by Crippen LogP contribution is -2.52. The van der Waals surface area contributed by atoms with E-state index in [-0.39, 0.29) is 5.96 Å². The Bertz CT molecular complexity index is 623. The van der Waals surface area contributed by atoms with Gasteiger partial charge in [-0.1, -0.05) is 44.6 Å². The predicted molar refractivity (Wildman–Crippen MR) is 131 cm³/mol. The lowest BCUT2D eigenvalue weighted by molar-refractivity contribution is -0.539. The molecule has 0 aromatic heterocycles. The number of nitrogens with two attached hydrogens (primary N) is 2. The van der Waals surface area contributed by atoms with Gasteiger partial charge < -0.3 is 16.6 Å². The van der Waals surface area contributed by atoms with Crippen molar-refractivity contribution in [3.8, 4) is 0 Å². The first-order valence-corrected chi connectivity index (χ1v) is 12.5. The summed E-state index contributed by atoms with van der Waals surface area (Å²) in [5, 5.41) is 11.3. The third-order valence-electron chi connectivity index (χ3n) is 6.46. The first-order valence-electron chi connectivity index (χ1n) is 12.5. The topological polar surface area (TPSA) is 90.9 Å². The molecule has 1 atom stereocenters. The Morgan fingerprint density at radius 1 is 1.06 bits per heavy atom. The molecule has 5 N–H and O–H groups in total. The molecule has 6 heteroatoms. The monoisotopic (exact) mass is 432 g/mol. The lowest BCUT2D eigenvalue weighted by atomic mass is 10.0. The zero-order valence-corrected chi connectivity index (χ0v) is 19.6. The fraction of sp³-hybridized carbons (Fsp3) is 0.760. The molecule has 2 aliphatic heterocycles. The van der Waals surface area contributed by atoms with E-state index >= 15 is 0 Å². The van der Waals surface area contributed by atoms with Crippen LogP contribution in [0.4, 0.5) is 0 Å². The van der Waals surface area contributed by atoms with Crippen molar-refractivity contribution in [2.24, 2.45) is 16.5 Å². The highest BCUT2D eigenvalue weighted by Crippen LogP contribution is 2.30. The van der Waals surface area contributed by atoms with Crippen LogP contribution in [0.3, 0.4) is 0 Å². The Labute approximate surface area is 189 Å². The van der Waals surface area contributed by atoms with Crippen LogP contribution in [0.1, 0.15) is 89.9 Å². The Hall–Kier alpha value is -1.82. The summed E-state index contributed by atoms with van der Waals surface area (Å²) in [6.07, 6.45) is 22.7. The standard InChI is InChI=1S/C25H46N5O/c1-2-3-4-5-6-7-8-9-10-12-17-25(31)18-16-23-29(21-15-22-30(23)25)20-14-11-13-19-28-24(26)27/h2,16,18,31H,1,3-15,17,19-22H2,(H4,26,27,28)/q+1/t25-/m0/s1. The molecule has 31 heavy (non-hydrogen) atoms. The molecule has 0 spiro atoms. The van der Waals surface area contributed by atoms with E-state index in [1.165, 1.54) is 50.8 Å². The van der Waals surface area contributed by atoms with E-state index in [2.05, 4.69) is 27.1 Å². The third-order valence-corrected chi connectivity index (χ3v) is 6.46. The van der Waals surface area contributed by atoms with Crippen LogP contribution in [-0.4, -0.2) is 58.3 Å². The second kappa shape index (κ2) is 14.3. The zero-order chi connectivity index (χ0) is 22.4. The maximum atomic E-state index is 11.3. The molecule has 2 aliphatic rings. The maximum absolute atomic E-state index is 11.3. The Balaban J connectivity index is 1.65. The summed E-state index contributed by atoms with van der Waals surface area (Å²) in [6, 6.07) is 0. The highest BCUT2D eigenvalue weighted by Gasteiger charge is 2.46. The normalized spacial score (nSPS) is 20.2. The van der Waals surface area contributed by atoms with E-state index in [1.807, 2.05) is 12.2 Å². The number of aliphatic imine (C=N–C) groups is 1. The van der Waals surface area contributed by atoms with Gasteiger partial charge in [0.05, 0.1) is 19.6 Å². The van der Waals surface area contributed by atoms with Crippen LogP contribution >= 0.6 is 0 Å². The molecule has 0 bridgehead atoms. The van der Waals surface area contributed by atoms with Gasteiger partial charge >= 0.3 is 0 Å². The molecule has 2 heterocycles. The Kier molecular flexibility index (Phi) is 11.7. The molecular formula is C25H46N5O+. The zero-order valence-electron chi connectivity index (χ0n) is 19.6. The summed E-state index contributed by atoms with van der Waals surface area (Å²) < 4.78 is 2.44. The second-order valence-electron chi connectivity index (χ2n) is 9.09. The van der Waals surface area contributed by atoms with Crippen molar-refractivity contribution in [3.05, 3.63) is 24.8 Å². The van der Waals surface area contributed by atoms with Crippen LogP contribution in [0, 0.1) is 0 Å². The average molecular weight is 433 g/mol. The highest BCUT2D eigenvalue weighted by molar-refractivity contribution is 5.92. The first-order chi connectivity index (χ1) is 15.1. The summed E-state index contributed by atoms with van der Waals surface area (Å²) in [4.78, 5) is 6.28. The van der Waals surface area contributed by atoms with Crippen LogP contribution < -0.4 is 11.5 Å². The van der Waals surface area contributed by atoms with Crippen molar-refractivity contribution in [3.63, 3.8) is 0 Å². The molecule has 0 aromatic carbocycles. The molecule has 0 saturated heterocycles. The van der Waals surface area contributed by atoms with Gasteiger partial charge in [-0.3, -0.25) is 9.57 Å². The van der Waals surface area contributed by atoms with Crippen LogP contribution in [0.5, 0.6) is 0 Å². The molecule has 0 amide bonds. The van der Waals surface area contributed by atoms with E-state index in [0.29, 0.717) is 6.54 Å². The molecule has 0 aliphatic carbocycles. The number of fused-ring (bicyclic) bond motifs is 1. The van der Waals surface area contributed by atoms with Crippen LogP contribution in [0.25, 0.3) is 0 Å². The molecule has 6 nitrogen and oxygen atoms in total. The number of aliphatic hydroxyl groups is 1. The molecular weight excluding hydrogens is 386 g/mol.